The SMILES string of the molecule is Cc1ncc(O)c(C(F)F)c1C#N. The predicted octanol–water partition coefficient (Wildman–Crippen LogP) is 1.90. The van der Waals surface area contributed by atoms with Crippen molar-refractivity contribution < 1.29 is 13.9 Å². The molecule has 3 nitrogen and oxygen atoms in total. The van der Waals surface area contributed by atoms with Crippen LogP contribution in [0.2, 0.25) is 0 Å². The van der Waals surface area contributed by atoms with E-state index in [1.165, 1.54) is 6.92 Å². The first-order chi connectivity index (χ1) is 6.07. The average Bonchev–Trinajstić information content (AvgIpc) is 2.07. The lowest BCUT2D eigenvalue weighted by molar-refractivity contribution is 0.147. The van der Waals surface area contributed by atoms with Crippen molar-refractivity contribution >= 4 is 0 Å². The Morgan fingerprint density at radius 1 is 1.62 bits per heavy atom. The molecule has 0 saturated carbocycles. The molecule has 0 atom stereocenters. The number of aryl methyl sites for hydroxylation is 1. The first kappa shape index (κ1) is 9.39. The zero-order chi connectivity index (χ0) is 10.0. The van der Waals surface area contributed by atoms with Gasteiger partial charge in [0.05, 0.1) is 23.0 Å². The van der Waals surface area contributed by atoms with Crippen LogP contribution in [0, 0.1) is 18.3 Å². The third-order valence-corrected chi connectivity index (χ3v) is 1.62. The Bertz CT molecular complexity index is 371. The van der Waals surface area contributed by atoms with E-state index < -0.39 is 17.7 Å². The fraction of sp³-hybridized carbons (Fsp3) is 0.250. The summed E-state index contributed by atoms with van der Waals surface area (Å²) in [6, 6.07) is 1.58. The van der Waals surface area contributed by atoms with E-state index in [1.54, 1.807) is 6.07 Å². The van der Waals surface area contributed by atoms with Gasteiger partial charge in [0.2, 0.25) is 0 Å². The summed E-state index contributed by atoms with van der Waals surface area (Å²) in [7, 11) is 0. The second kappa shape index (κ2) is 3.35. The van der Waals surface area contributed by atoms with Gasteiger partial charge in [-0.05, 0) is 6.92 Å². The van der Waals surface area contributed by atoms with E-state index in [9.17, 15) is 8.78 Å². The Morgan fingerprint density at radius 2 is 2.23 bits per heavy atom. The van der Waals surface area contributed by atoms with Crippen molar-refractivity contribution in [2.75, 3.05) is 0 Å². The summed E-state index contributed by atoms with van der Waals surface area (Å²) in [4.78, 5) is 3.59. The lowest BCUT2D eigenvalue weighted by atomic mass is 10.1. The average molecular weight is 184 g/mol. The molecule has 13 heavy (non-hydrogen) atoms. The minimum atomic E-state index is -2.86. The van der Waals surface area contributed by atoms with Crippen molar-refractivity contribution in [1.29, 1.82) is 5.26 Å². The minimum Gasteiger partial charge on any atom is -0.506 e. The number of nitrogens with zero attached hydrogens (tertiary/aromatic N) is 2. The molecule has 1 rings (SSSR count). The highest BCUT2D eigenvalue weighted by Gasteiger charge is 2.20. The summed E-state index contributed by atoms with van der Waals surface area (Å²) in [5.74, 6) is -0.642. The smallest absolute Gasteiger partial charge is 0.268 e. The van der Waals surface area contributed by atoms with Crippen LogP contribution in [0.15, 0.2) is 6.20 Å². The highest BCUT2D eigenvalue weighted by atomic mass is 19.3. The molecule has 1 N–H and O–H groups in total. The standard InChI is InChI=1S/C8H6F2N2O/c1-4-5(2-11)7(8(9)10)6(13)3-12-4/h3,8,13H,1H3. The first-order valence-electron chi connectivity index (χ1n) is 3.44. The molecule has 0 unspecified atom stereocenters. The minimum absolute atomic E-state index is 0.190. The summed E-state index contributed by atoms with van der Waals surface area (Å²) < 4.78 is 24.6. The van der Waals surface area contributed by atoms with Crippen LogP contribution in [0.1, 0.15) is 23.2 Å². The number of hydrogen-bond acceptors (Lipinski definition) is 3. The van der Waals surface area contributed by atoms with Crippen molar-refractivity contribution in [3.8, 4) is 11.8 Å². The molecule has 0 fully saturated rings. The Kier molecular flexibility index (Phi) is 2.42. The first-order valence-corrected chi connectivity index (χ1v) is 3.44. The van der Waals surface area contributed by atoms with Crippen molar-refractivity contribution in [1.82, 2.24) is 4.98 Å². The van der Waals surface area contributed by atoms with Gasteiger partial charge in [0.15, 0.2) is 0 Å². The second-order valence-electron chi connectivity index (χ2n) is 2.43. The second-order valence-corrected chi connectivity index (χ2v) is 2.43. The van der Waals surface area contributed by atoms with Gasteiger partial charge < -0.3 is 5.11 Å². The predicted molar refractivity (Wildman–Crippen MR) is 40.3 cm³/mol. The van der Waals surface area contributed by atoms with Crippen LogP contribution in [-0.2, 0) is 0 Å². The van der Waals surface area contributed by atoms with Crippen LogP contribution in [0.3, 0.4) is 0 Å². The van der Waals surface area contributed by atoms with E-state index >= 15 is 0 Å². The van der Waals surface area contributed by atoms with Gasteiger partial charge in [0, 0.05) is 0 Å². The molecule has 68 valence electrons. The van der Waals surface area contributed by atoms with E-state index in [0.29, 0.717) is 0 Å². The van der Waals surface area contributed by atoms with E-state index in [4.69, 9.17) is 10.4 Å². The molecule has 0 aliphatic carbocycles. The molecule has 1 aromatic heterocycles. The zero-order valence-corrected chi connectivity index (χ0v) is 6.75. The number of pyridine rings is 1. The summed E-state index contributed by atoms with van der Waals surface area (Å²) in [5, 5.41) is 17.6. The molecule has 0 aromatic carbocycles. The maximum Gasteiger partial charge on any atom is 0.268 e. The summed E-state index contributed by atoms with van der Waals surface area (Å²) in [6.07, 6.45) is -1.95. The molecule has 0 aliphatic heterocycles. The summed E-state index contributed by atoms with van der Waals surface area (Å²) in [6.45, 7) is 1.43. The number of halogens is 2. The number of aromatic nitrogens is 1. The number of alkyl halides is 2. The number of hydrogen-bond donors (Lipinski definition) is 1. The Morgan fingerprint density at radius 3 is 2.62 bits per heavy atom. The van der Waals surface area contributed by atoms with Gasteiger partial charge in [0.25, 0.3) is 6.43 Å². The highest BCUT2D eigenvalue weighted by Crippen LogP contribution is 2.31. The zero-order valence-electron chi connectivity index (χ0n) is 6.75. The van der Waals surface area contributed by atoms with Gasteiger partial charge >= 0.3 is 0 Å². The largest absolute Gasteiger partial charge is 0.506 e. The van der Waals surface area contributed by atoms with Crippen molar-refractivity contribution in [2.24, 2.45) is 0 Å². The summed E-state index contributed by atoms with van der Waals surface area (Å²) >= 11 is 0. The molecule has 0 spiro atoms. The van der Waals surface area contributed by atoms with E-state index in [-0.39, 0.29) is 11.3 Å². The van der Waals surface area contributed by atoms with Gasteiger partial charge in [-0.1, -0.05) is 0 Å². The number of aromatic hydroxyl groups is 1. The molecule has 0 bridgehead atoms. The third-order valence-electron chi connectivity index (χ3n) is 1.62. The highest BCUT2D eigenvalue weighted by molar-refractivity contribution is 5.47. The van der Waals surface area contributed by atoms with Crippen LogP contribution >= 0.6 is 0 Å². The molecule has 0 saturated heterocycles. The monoisotopic (exact) mass is 184 g/mol. The maximum atomic E-state index is 12.3. The van der Waals surface area contributed by atoms with Gasteiger partial charge in [-0.2, -0.15) is 5.26 Å². The molecular formula is C8H6F2N2O. The number of rotatable bonds is 1. The fourth-order valence-corrected chi connectivity index (χ4v) is 0.977. The summed E-state index contributed by atoms with van der Waals surface area (Å²) in [5.41, 5.74) is -0.708. The Hall–Kier alpha value is -1.70. The lowest BCUT2D eigenvalue weighted by Gasteiger charge is -2.06. The van der Waals surface area contributed by atoms with Crippen molar-refractivity contribution in [2.45, 2.75) is 13.3 Å². The molecule has 0 aliphatic rings. The Labute approximate surface area is 73.3 Å². The molecule has 1 heterocycles. The van der Waals surface area contributed by atoms with Crippen LogP contribution in [0.25, 0.3) is 0 Å². The molecular weight excluding hydrogens is 178 g/mol. The van der Waals surface area contributed by atoms with Crippen LogP contribution < -0.4 is 0 Å². The van der Waals surface area contributed by atoms with E-state index in [0.717, 1.165) is 6.20 Å². The molecule has 0 radical (unpaired) electrons. The van der Waals surface area contributed by atoms with Crippen molar-refractivity contribution in [3.05, 3.63) is 23.0 Å². The van der Waals surface area contributed by atoms with Gasteiger partial charge in [-0.25, -0.2) is 8.78 Å². The number of nitriles is 1. The maximum absolute atomic E-state index is 12.3. The van der Waals surface area contributed by atoms with E-state index in [1.807, 2.05) is 0 Å². The molecule has 5 heteroatoms. The van der Waals surface area contributed by atoms with Gasteiger partial charge in [0.1, 0.15) is 11.8 Å². The van der Waals surface area contributed by atoms with Crippen molar-refractivity contribution in [3.63, 3.8) is 0 Å². The molecule has 0 amide bonds. The Balaban J connectivity index is 3.46. The normalized spacial score (nSPS) is 10.1. The lowest BCUT2D eigenvalue weighted by Crippen LogP contribution is -1.97. The van der Waals surface area contributed by atoms with E-state index in [2.05, 4.69) is 4.98 Å². The van der Waals surface area contributed by atoms with Crippen LogP contribution in [0.5, 0.6) is 5.75 Å². The topological polar surface area (TPSA) is 56.9 Å². The van der Waals surface area contributed by atoms with Crippen LogP contribution in [-0.4, -0.2) is 10.1 Å². The quantitative estimate of drug-likeness (QED) is 0.725. The fourth-order valence-electron chi connectivity index (χ4n) is 0.977. The van der Waals surface area contributed by atoms with Gasteiger partial charge in [-0.3, -0.25) is 4.98 Å². The molecule has 1 aromatic rings. The third kappa shape index (κ3) is 1.56. The van der Waals surface area contributed by atoms with Crippen LogP contribution in [0.4, 0.5) is 8.78 Å². The van der Waals surface area contributed by atoms with Gasteiger partial charge in [-0.15, -0.1) is 0 Å².